The number of rotatable bonds is 1. The van der Waals surface area contributed by atoms with E-state index in [4.69, 9.17) is 0 Å². The van der Waals surface area contributed by atoms with E-state index >= 15 is 0 Å². The third kappa shape index (κ3) is 1.53. The van der Waals surface area contributed by atoms with Crippen LogP contribution in [-0.4, -0.2) is 4.98 Å². The van der Waals surface area contributed by atoms with Crippen molar-refractivity contribution in [2.75, 3.05) is 0 Å². The Morgan fingerprint density at radius 3 is 1.72 bits per heavy atom. The van der Waals surface area contributed by atoms with E-state index in [1.807, 2.05) is 0 Å². The van der Waals surface area contributed by atoms with Crippen LogP contribution in [0.15, 0.2) is 0 Å². The number of hydrogen-bond donors (Lipinski definition) is 0. The van der Waals surface area contributed by atoms with Crippen molar-refractivity contribution in [1.29, 1.82) is 0 Å². The fraction of sp³-hybridized carbons (Fsp3) is 0.182. The van der Waals surface area contributed by atoms with Crippen LogP contribution in [0.2, 0.25) is 0 Å². The maximum atomic E-state index is 13.5. The molecule has 18 heavy (non-hydrogen) atoms. The molecule has 1 aromatic heterocycles. The lowest BCUT2D eigenvalue weighted by Crippen LogP contribution is -2.06. The van der Waals surface area contributed by atoms with Crippen LogP contribution in [0.1, 0.15) is 12.5 Å². The molecule has 96 valence electrons. The highest BCUT2D eigenvalue weighted by molar-refractivity contribution is 5.87. The van der Waals surface area contributed by atoms with Crippen LogP contribution in [0.5, 0.6) is 0 Å². The monoisotopic (exact) mass is 265 g/mol. The lowest BCUT2D eigenvalue weighted by atomic mass is 10.0. The number of hydrogen-bond acceptors (Lipinski definition) is 1. The Hall–Kier alpha value is -1.79. The van der Waals surface area contributed by atoms with Gasteiger partial charge in [0.2, 0.25) is 11.9 Å². The van der Waals surface area contributed by atoms with Gasteiger partial charge in [-0.3, -0.25) is 0 Å². The summed E-state index contributed by atoms with van der Waals surface area (Å²) in [6.07, 6.45) is -0.183. The second-order valence-electron chi connectivity index (χ2n) is 3.53. The molecule has 7 heteroatoms. The molecule has 0 saturated heterocycles. The van der Waals surface area contributed by atoms with E-state index in [2.05, 4.69) is 4.98 Å². The molecule has 1 nitrogen and oxygen atoms in total. The molecule has 0 saturated carbocycles. The Bertz CT molecular complexity index is 652. The fourth-order valence-corrected chi connectivity index (χ4v) is 1.74. The summed E-state index contributed by atoms with van der Waals surface area (Å²) < 4.78 is 79.4. The Morgan fingerprint density at radius 2 is 1.22 bits per heavy atom. The first kappa shape index (κ1) is 12.7. The maximum absolute atomic E-state index is 13.5. The zero-order valence-electron chi connectivity index (χ0n) is 8.92. The molecular weight excluding hydrogens is 260 g/mol. The van der Waals surface area contributed by atoms with E-state index < -0.39 is 51.5 Å². The van der Waals surface area contributed by atoms with Crippen LogP contribution >= 0.6 is 0 Å². The molecule has 0 unspecified atom stereocenters. The van der Waals surface area contributed by atoms with E-state index in [9.17, 15) is 26.3 Å². The van der Waals surface area contributed by atoms with Gasteiger partial charge in [0.15, 0.2) is 23.3 Å². The van der Waals surface area contributed by atoms with Crippen LogP contribution in [0.4, 0.5) is 26.3 Å². The molecular formula is C11H5F6N. The van der Waals surface area contributed by atoms with E-state index in [0.29, 0.717) is 0 Å². The summed E-state index contributed by atoms with van der Waals surface area (Å²) in [4.78, 5) is 2.72. The van der Waals surface area contributed by atoms with Gasteiger partial charge in [-0.15, -0.1) is 0 Å². The minimum atomic E-state index is -2.16. The minimum absolute atomic E-state index is 0.183. The van der Waals surface area contributed by atoms with Crippen LogP contribution in [0.3, 0.4) is 0 Å². The molecule has 0 bridgehead atoms. The number of fused-ring (bicyclic) bond motifs is 1. The molecule has 0 fully saturated rings. The molecule has 0 spiro atoms. The van der Waals surface area contributed by atoms with Gasteiger partial charge in [-0.2, -0.15) is 13.8 Å². The van der Waals surface area contributed by atoms with Gasteiger partial charge in [0.1, 0.15) is 0 Å². The molecule has 2 aromatic rings. The fourth-order valence-electron chi connectivity index (χ4n) is 1.74. The lowest BCUT2D eigenvalue weighted by molar-refractivity contribution is 0.413. The largest absolute Gasteiger partial charge is 0.226 e. The minimum Gasteiger partial charge on any atom is -0.203 e. The molecule has 1 heterocycles. The molecule has 1 aromatic carbocycles. The highest BCUT2D eigenvalue weighted by Crippen LogP contribution is 2.31. The third-order valence-electron chi connectivity index (χ3n) is 2.57. The highest BCUT2D eigenvalue weighted by Gasteiger charge is 2.27. The molecule has 0 aliphatic rings. The van der Waals surface area contributed by atoms with Crippen molar-refractivity contribution in [2.24, 2.45) is 0 Å². The average molecular weight is 265 g/mol. The number of nitrogens with zero attached hydrogens (tertiary/aromatic N) is 1. The number of pyridine rings is 1. The van der Waals surface area contributed by atoms with Crippen molar-refractivity contribution in [3.8, 4) is 0 Å². The van der Waals surface area contributed by atoms with Crippen molar-refractivity contribution in [3.63, 3.8) is 0 Å². The number of benzene rings is 1. The van der Waals surface area contributed by atoms with Gasteiger partial charge >= 0.3 is 0 Å². The Balaban J connectivity index is 3.14. The molecule has 2 rings (SSSR count). The van der Waals surface area contributed by atoms with Gasteiger partial charge in [0.05, 0.1) is 5.39 Å². The summed E-state index contributed by atoms with van der Waals surface area (Å²) in [5.41, 5.74) is -0.512. The van der Waals surface area contributed by atoms with E-state index in [1.165, 1.54) is 6.92 Å². The van der Waals surface area contributed by atoms with Crippen molar-refractivity contribution < 1.29 is 26.3 Å². The van der Waals surface area contributed by atoms with Gasteiger partial charge in [-0.25, -0.2) is 17.6 Å². The van der Waals surface area contributed by atoms with Crippen molar-refractivity contribution in [2.45, 2.75) is 13.3 Å². The Morgan fingerprint density at radius 1 is 0.722 bits per heavy atom. The first-order valence-corrected chi connectivity index (χ1v) is 4.89. The number of aromatic nitrogens is 1. The molecule has 0 aliphatic heterocycles. The summed E-state index contributed by atoms with van der Waals surface area (Å²) in [5.74, 6) is -11.1. The van der Waals surface area contributed by atoms with Gasteiger partial charge in [0, 0.05) is 10.9 Å². The standard InChI is InChI=1S/C11H5F6N/c1-2-3-4-5(11(17)18-10(3)16)7(13)9(15)8(14)6(4)12/h2H2,1H3. The van der Waals surface area contributed by atoms with E-state index in [1.54, 1.807) is 0 Å². The van der Waals surface area contributed by atoms with E-state index in [-0.39, 0.29) is 6.42 Å². The van der Waals surface area contributed by atoms with Gasteiger partial charge in [0.25, 0.3) is 0 Å². The van der Waals surface area contributed by atoms with E-state index in [0.717, 1.165) is 0 Å². The predicted octanol–water partition coefficient (Wildman–Crippen LogP) is 3.63. The van der Waals surface area contributed by atoms with Crippen molar-refractivity contribution in [1.82, 2.24) is 4.98 Å². The summed E-state index contributed by atoms with van der Waals surface area (Å²) in [6.45, 7) is 1.36. The summed E-state index contributed by atoms with van der Waals surface area (Å²) in [5, 5.41) is -2.15. The third-order valence-corrected chi connectivity index (χ3v) is 2.57. The first-order chi connectivity index (χ1) is 8.40. The topological polar surface area (TPSA) is 12.9 Å². The molecule has 0 atom stereocenters. The molecule has 0 aliphatic carbocycles. The number of halogens is 6. The maximum Gasteiger partial charge on any atom is 0.226 e. The lowest BCUT2D eigenvalue weighted by Gasteiger charge is -2.09. The molecule has 0 N–H and O–H groups in total. The van der Waals surface area contributed by atoms with Crippen molar-refractivity contribution >= 4 is 10.8 Å². The zero-order valence-corrected chi connectivity index (χ0v) is 8.92. The normalized spacial score (nSPS) is 11.3. The number of aryl methyl sites for hydroxylation is 1. The Labute approximate surface area is 97.1 Å². The molecule has 0 radical (unpaired) electrons. The van der Waals surface area contributed by atoms with Crippen molar-refractivity contribution in [3.05, 3.63) is 40.7 Å². The van der Waals surface area contributed by atoms with Crippen LogP contribution < -0.4 is 0 Å². The van der Waals surface area contributed by atoms with Gasteiger partial charge in [-0.1, -0.05) is 6.92 Å². The smallest absolute Gasteiger partial charge is 0.203 e. The zero-order chi connectivity index (χ0) is 13.6. The van der Waals surface area contributed by atoms with Crippen LogP contribution in [-0.2, 0) is 6.42 Å². The highest BCUT2D eigenvalue weighted by atomic mass is 19.2. The van der Waals surface area contributed by atoms with Gasteiger partial charge < -0.3 is 0 Å². The Kier molecular flexibility index (Phi) is 2.92. The van der Waals surface area contributed by atoms with Gasteiger partial charge in [-0.05, 0) is 6.42 Å². The quantitative estimate of drug-likeness (QED) is 0.332. The summed E-state index contributed by atoms with van der Waals surface area (Å²) in [7, 11) is 0. The summed E-state index contributed by atoms with van der Waals surface area (Å²) in [6, 6.07) is 0. The summed E-state index contributed by atoms with van der Waals surface area (Å²) >= 11 is 0. The first-order valence-electron chi connectivity index (χ1n) is 4.89. The van der Waals surface area contributed by atoms with Crippen LogP contribution in [0, 0.1) is 35.2 Å². The molecule has 0 amide bonds. The van der Waals surface area contributed by atoms with Crippen LogP contribution in [0.25, 0.3) is 10.8 Å². The average Bonchev–Trinajstić information content (AvgIpc) is 2.33. The second-order valence-corrected chi connectivity index (χ2v) is 3.53. The SMILES string of the molecule is CCc1c(F)nc(F)c2c(F)c(F)c(F)c(F)c12. The predicted molar refractivity (Wildman–Crippen MR) is 50.9 cm³/mol. The second kappa shape index (κ2) is 4.15.